The fraction of sp³-hybridized carbons (Fsp3) is 0.167. The molecule has 6 heteroatoms. The van der Waals surface area contributed by atoms with Crippen LogP contribution < -0.4 is 0 Å². The monoisotopic (exact) mass is 360 g/mol. The molecule has 0 aromatic heterocycles. The number of hydrogen-bond donors (Lipinski definition) is 0. The number of aliphatic imine (C=N–C) groups is 1. The minimum absolute atomic E-state index is 0.0903. The van der Waals surface area contributed by atoms with E-state index in [0.29, 0.717) is 5.02 Å². The summed E-state index contributed by atoms with van der Waals surface area (Å²) in [6.45, 7) is 0.468. The van der Waals surface area contributed by atoms with Crippen LogP contribution in [-0.4, -0.2) is 27.8 Å². The lowest BCUT2D eigenvalue weighted by Crippen LogP contribution is -2.30. The zero-order chi connectivity index (χ0) is 17.1. The molecule has 1 saturated heterocycles. The third kappa shape index (κ3) is 3.50. The molecule has 1 fully saturated rings. The number of carbonyl (C=O) groups is 2. The Kier molecular flexibility index (Phi) is 4.97. The molecule has 24 heavy (non-hydrogen) atoms. The summed E-state index contributed by atoms with van der Waals surface area (Å²) in [6, 6.07) is 16.4. The summed E-state index contributed by atoms with van der Waals surface area (Å²) < 4.78 is 0. The smallest absolute Gasteiger partial charge is 0.276 e. The van der Waals surface area contributed by atoms with Crippen molar-refractivity contribution in [2.75, 3.05) is 0 Å². The molecule has 2 aromatic carbocycles. The van der Waals surface area contributed by atoms with Crippen molar-refractivity contribution in [1.82, 2.24) is 4.90 Å². The maximum Gasteiger partial charge on any atom is 0.276 e. The minimum atomic E-state index is -1.03. The van der Waals surface area contributed by atoms with Crippen molar-refractivity contribution in [3.8, 4) is 0 Å². The first-order valence-electron chi connectivity index (χ1n) is 7.39. The number of benzene rings is 2. The number of halogens is 2. The summed E-state index contributed by atoms with van der Waals surface area (Å²) in [4.78, 5) is 30.1. The van der Waals surface area contributed by atoms with Crippen molar-refractivity contribution < 1.29 is 9.59 Å². The summed E-state index contributed by atoms with van der Waals surface area (Å²) in [6.07, 6.45) is 0. The summed E-state index contributed by atoms with van der Waals surface area (Å²) >= 11 is 12.0. The van der Waals surface area contributed by atoms with Crippen LogP contribution >= 0.6 is 23.2 Å². The Balaban J connectivity index is 1.77. The molecule has 1 unspecified atom stereocenters. The van der Waals surface area contributed by atoms with Gasteiger partial charge in [-0.1, -0.05) is 54.1 Å². The normalized spacial score (nSPS) is 19.3. The molecule has 2 amide bonds. The van der Waals surface area contributed by atoms with E-state index in [1.165, 1.54) is 0 Å². The van der Waals surface area contributed by atoms with E-state index in [2.05, 4.69) is 4.99 Å². The average Bonchev–Trinajstić information content (AvgIpc) is 2.79. The highest BCUT2D eigenvalue weighted by Gasteiger charge is 2.43. The molecular weight excluding hydrogens is 347 g/mol. The van der Waals surface area contributed by atoms with E-state index in [-0.39, 0.29) is 18.8 Å². The first-order chi connectivity index (χ1) is 11.6. The standard InChI is InChI=1S/C18H14Cl2N2O2/c19-14-8-6-12(7-9-14)10-21-16-15(20)17(23)22(18(16)24)11-13-4-2-1-3-5-13/h1-9,15H,10-11H2. The lowest BCUT2D eigenvalue weighted by Gasteiger charge is -2.12. The van der Waals surface area contributed by atoms with Crippen LogP contribution in [-0.2, 0) is 22.7 Å². The second-order valence-corrected chi connectivity index (χ2v) is 6.28. The molecule has 0 spiro atoms. The van der Waals surface area contributed by atoms with Crippen molar-refractivity contribution in [2.24, 2.45) is 4.99 Å². The summed E-state index contributed by atoms with van der Waals surface area (Å²) in [7, 11) is 0. The number of likely N-dealkylation sites (tertiary alicyclic amines) is 1. The molecule has 122 valence electrons. The summed E-state index contributed by atoms with van der Waals surface area (Å²) in [5.74, 6) is -0.863. The van der Waals surface area contributed by atoms with E-state index in [1.807, 2.05) is 42.5 Å². The SMILES string of the molecule is O=C1C(=NCc2ccc(Cl)cc2)C(Cl)C(=O)N1Cc1ccccc1. The molecule has 2 aromatic rings. The molecule has 4 nitrogen and oxygen atoms in total. The largest absolute Gasteiger partial charge is 0.277 e. The van der Waals surface area contributed by atoms with Gasteiger partial charge in [-0.3, -0.25) is 19.5 Å². The van der Waals surface area contributed by atoms with E-state index in [9.17, 15) is 9.59 Å². The molecule has 1 aliphatic rings. The van der Waals surface area contributed by atoms with Gasteiger partial charge < -0.3 is 0 Å². The Morgan fingerprint density at radius 1 is 0.958 bits per heavy atom. The van der Waals surface area contributed by atoms with E-state index in [4.69, 9.17) is 23.2 Å². The second kappa shape index (κ2) is 7.16. The third-order valence-corrected chi connectivity index (χ3v) is 4.36. The summed E-state index contributed by atoms with van der Waals surface area (Å²) in [5.41, 5.74) is 1.84. The van der Waals surface area contributed by atoms with Crippen molar-refractivity contribution in [1.29, 1.82) is 0 Å². The fourth-order valence-corrected chi connectivity index (χ4v) is 2.84. The maximum atomic E-state index is 12.5. The Morgan fingerprint density at radius 2 is 1.62 bits per heavy atom. The molecule has 3 rings (SSSR count). The second-order valence-electron chi connectivity index (χ2n) is 5.41. The topological polar surface area (TPSA) is 49.7 Å². The average molecular weight is 361 g/mol. The van der Waals surface area contributed by atoms with Gasteiger partial charge in [-0.05, 0) is 23.3 Å². The van der Waals surface area contributed by atoms with Crippen LogP contribution in [0.2, 0.25) is 5.02 Å². The molecule has 0 aliphatic carbocycles. The number of amides is 2. The number of nitrogens with zero attached hydrogens (tertiary/aromatic N) is 2. The highest BCUT2D eigenvalue weighted by atomic mass is 35.5. The quantitative estimate of drug-likeness (QED) is 0.619. The number of carbonyl (C=O) groups excluding carboxylic acids is 2. The van der Waals surface area contributed by atoms with Crippen molar-refractivity contribution in [3.63, 3.8) is 0 Å². The van der Waals surface area contributed by atoms with E-state index in [1.54, 1.807) is 12.1 Å². The van der Waals surface area contributed by atoms with Gasteiger partial charge in [0.2, 0.25) is 0 Å². The summed E-state index contributed by atoms with van der Waals surface area (Å²) in [5, 5.41) is -0.406. The highest BCUT2D eigenvalue weighted by Crippen LogP contribution is 2.20. The van der Waals surface area contributed by atoms with Gasteiger partial charge in [0.15, 0.2) is 5.38 Å². The van der Waals surface area contributed by atoms with Gasteiger partial charge in [0.25, 0.3) is 11.8 Å². The van der Waals surface area contributed by atoms with Crippen LogP contribution in [0.1, 0.15) is 11.1 Å². The van der Waals surface area contributed by atoms with Gasteiger partial charge in [-0.15, -0.1) is 11.6 Å². The Labute approximate surface area is 149 Å². The Bertz CT molecular complexity index is 788. The molecule has 0 saturated carbocycles. The van der Waals surface area contributed by atoms with E-state index < -0.39 is 17.2 Å². The number of rotatable bonds is 4. The lowest BCUT2D eigenvalue weighted by molar-refractivity contribution is -0.137. The van der Waals surface area contributed by atoms with Gasteiger partial charge in [0, 0.05) is 5.02 Å². The molecule has 0 bridgehead atoms. The fourth-order valence-electron chi connectivity index (χ4n) is 2.43. The van der Waals surface area contributed by atoms with Gasteiger partial charge in [-0.25, -0.2) is 0 Å². The molecule has 1 heterocycles. The van der Waals surface area contributed by atoms with Crippen LogP contribution in [0.25, 0.3) is 0 Å². The number of alkyl halides is 1. The van der Waals surface area contributed by atoms with Gasteiger partial charge in [-0.2, -0.15) is 0 Å². The van der Waals surface area contributed by atoms with Crippen LogP contribution in [0, 0.1) is 0 Å². The molecule has 0 radical (unpaired) electrons. The Morgan fingerprint density at radius 3 is 2.29 bits per heavy atom. The predicted octanol–water partition coefficient (Wildman–Crippen LogP) is 3.46. The van der Waals surface area contributed by atoms with Crippen LogP contribution in [0.5, 0.6) is 0 Å². The van der Waals surface area contributed by atoms with Crippen molar-refractivity contribution >= 4 is 40.7 Å². The molecule has 1 aliphatic heterocycles. The minimum Gasteiger partial charge on any atom is -0.277 e. The predicted molar refractivity (Wildman–Crippen MR) is 94.2 cm³/mol. The van der Waals surface area contributed by atoms with Crippen LogP contribution in [0.15, 0.2) is 59.6 Å². The first-order valence-corrected chi connectivity index (χ1v) is 8.20. The van der Waals surface area contributed by atoms with Crippen molar-refractivity contribution in [3.05, 3.63) is 70.7 Å². The third-order valence-electron chi connectivity index (χ3n) is 3.72. The Hall–Kier alpha value is -2.17. The molecule has 1 atom stereocenters. The van der Waals surface area contributed by atoms with Crippen LogP contribution in [0.3, 0.4) is 0 Å². The zero-order valence-electron chi connectivity index (χ0n) is 12.7. The first kappa shape index (κ1) is 16.7. The van der Waals surface area contributed by atoms with Gasteiger partial charge in [0.05, 0.1) is 13.1 Å². The zero-order valence-corrected chi connectivity index (χ0v) is 14.2. The van der Waals surface area contributed by atoms with Gasteiger partial charge >= 0.3 is 0 Å². The maximum absolute atomic E-state index is 12.5. The van der Waals surface area contributed by atoms with Crippen molar-refractivity contribution in [2.45, 2.75) is 18.5 Å². The van der Waals surface area contributed by atoms with E-state index >= 15 is 0 Å². The molecule has 0 N–H and O–H groups in total. The van der Waals surface area contributed by atoms with Gasteiger partial charge in [0.1, 0.15) is 5.71 Å². The molecular formula is C18H14Cl2N2O2. The van der Waals surface area contributed by atoms with E-state index in [0.717, 1.165) is 16.0 Å². The van der Waals surface area contributed by atoms with Crippen LogP contribution in [0.4, 0.5) is 0 Å². The number of hydrogen-bond acceptors (Lipinski definition) is 3. The lowest BCUT2D eigenvalue weighted by atomic mass is 10.2. The highest BCUT2D eigenvalue weighted by molar-refractivity contribution is 6.63. The number of imide groups is 1.